The molecule has 0 unspecified atom stereocenters. The molecule has 1 aromatic rings. The highest BCUT2D eigenvalue weighted by atomic mass is 35.5. The van der Waals surface area contributed by atoms with Gasteiger partial charge in [0.05, 0.1) is 0 Å². The summed E-state index contributed by atoms with van der Waals surface area (Å²) in [7, 11) is 0. The molecule has 0 aromatic carbocycles. The average molecular weight is 304 g/mol. The van der Waals surface area contributed by atoms with Gasteiger partial charge in [0, 0.05) is 44.6 Å². The zero-order valence-electron chi connectivity index (χ0n) is 11.3. The Morgan fingerprint density at radius 3 is 2.42 bits per heavy atom. The first-order chi connectivity index (χ1) is 8.27. The molecule has 0 radical (unpaired) electrons. The van der Waals surface area contributed by atoms with Gasteiger partial charge in [-0.05, 0) is 31.0 Å². The second kappa shape index (κ2) is 9.32. The van der Waals surface area contributed by atoms with Crippen LogP contribution in [0.1, 0.15) is 24.9 Å². The van der Waals surface area contributed by atoms with Gasteiger partial charge in [-0.3, -0.25) is 9.88 Å². The van der Waals surface area contributed by atoms with E-state index in [1.54, 1.807) is 0 Å². The molecule has 1 aliphatic heterocycles. The lowest BCUT2D eigenvalue weighted by Crippen LogP contribution is -2.45. The second-order valence-electron chi connectivity index (χ2n) is 4.74. The summed E-state index contributed by atoms with van der Waals surface area (Å²) in [5.74, 6) is 0. The number of nitrogens with one attached hydrogen (secondary N) is 1. The van der Waals surface area contributed by atoms with Gasteiger partial charge in [-0.2, -0.15) is 0 Å². The van der Waals surface area contributed by atoms with Crippen molar-refractivity contribution in [1.29, 1.82) is 0 Å². The molecule has 1 atom stereocenters. The van der Waals surface area contributed by atoms with Gasteiger partial charge < -0.3 is 5.32 Å². The summed E-state index contributed by atoms with van der Waals surface area (Å²) >= 11 is 0. The Labute approximate surface area is 128 Å². The molecular weight excluding hydrogens is 281 g/mol. The Balaban J connectivity index is 0.00000162. The van der Waals surface area contributed by atoms with Crippen LogP contribution in [0.3, 0.4) is 0 Å². The molecule has 19 heavy (non-hydrogen) atoms. The lowest BCUT2D eigenvalue weighted by molar-refractivity contribution is 0.172. The lowest BCUT2D eigenvalue weighted by atomic mass is 9.99. The van der Waals surface area contributed by atoms with Crippen molar-refractivity contribution in [3.8, 4) is 0 Å². The van der Waals surface area contributed by atoms with Gasteiger partial charge in [-0.15, -0.1) is 31.4 Å². The van der Waals surface area contributed by atoms with Crippen LogP contribution in [0.5, 0.6) is 0 Å². The minimum absolute atomic E-state index is 0. The maximum absolute atomic E-state index is 4.10. The fourth-order valence-electron chi connectivity index (χ4n) is 2.37. The van der Waals surface area contributed by atoms with Gasteiger partial charge in [0.25, 0.3) is 0 Å². The summed E-state index contributed by atoms with van der Waals surface area (Å²) in [6, 6.07) is 4.70. The van der Waals surface area contributed by atoms with Crippen molar-refractivity contribution in [2.24, 2.45) is 0 Å². The van der Waals surface area contributed by atoms with Crippen LogP contribution in [-0.4, -0.2) is 36.1 Å². The molecule has 0 bridgehead atoms. The molecule has 0 saturated carbocycles. The molecule has 108 valence electrons. The van der Waals surface area contributed by atoms with Crippen LogP contribution >= 0.6 is 24.8 Å². The summed E-state index contributed by atoms with van der Waals surface area (Å²) in [6.45, 7) is 10.5. The van der Waals surface area contributed by atoms with E-state index in [9.17, 15) is 0 Å². The third kappa shape index (κ3) is 5.49. The highest BCUT2D eigenvalue weighted by molar-refractivity contribution is 5.85. The predicted molar refractivity (Wildman–Crippen MR) is 85.3 cm³/mol. The van der Waals surface area contributed by atoms with Crippen LogP contribution in [0.2, 0.25) is 0 Å². The van der Waals surface area contributed by atoms with Crippen molar-refractivity contribution in [3.63, 3.8) is 0 Å². The fraction of sp³-hybridized carbons (Fsp3) is 0.500. The van der Waals surface area contributed by atoms with Crippen LogP contribution in [0.25, 0.3) is 0 Å². The highest BCUT2D eigenvalue weighted by Gasteiger charge is 2.21. The molecular formula is C14H23Cl2N3. The van der Waals surface area contributed by atoms with Gasteiger partial charge in [0.1, 0.15) is 0 Å². The molecule has 2 heterocycles. The molecule has 1 fully saturated rings. The second-order valence-corrected chi connectivity index (χ2v) is 4.74. The third-order valence-corrected chi connectivity index (χ3v) is 3.23. The first-order valence-electron chi connectivity index (χ1n) is 6.26. The summed E-state index contributed by atoms with van der Waals surface area (Å²) in [5, 5.41) is 3.40. The van der Waals surface area contributed by atoms with E-state index in [-0.39, 0.29) is 24.8 Å². The van der Waals surface area contributed by atoms with E-state index in [0.717, 1.165) is 32.6 Å². The molecule has 1 aliphatic rings. The third-order valence-electron chi connectivity index (χ3n) is 3.23. The largest absolute Gasteiger partial charge is 0.314 e. The SMILES string of the molecule is C=C(C)C[C@H](c1ccncc1)N1CCNCC1.Cl.Cl. The first-order valence-corrected chi connectivity index (χ1v) is 6.26. The summed E-state index contributed by atoms with van der Waals surface area (Å²) in [6.07, 6.45) is 4.79. The van der Waals surface area contributed by atoms with Gasteiger partial charge in [0.15, 0.2) is 0 Å². The Morgan fingerprint density at radius 2 is 1.89 bits per heavy atom. The average Bonchev–Trinajstić information content (AvgIpc) is 2.38. The van der Waals surface area contributed by atoms with Gasteiger partial charge in [0.2, 0.25) is 0 Å². The number of piperazine rings is 1. The Bertz CT molecular complexity index is 364. The van der Waals surface area contributed by atoms with Crippen molar-refractivity contribution in [1.82, 2.24) is 15.2 Å². The normalized spacial score (nSPS) is 16.9. The number of hydrogen-bond acceptors (Lipinski definition) is 3. The Morgan fingerprint density at radius 1 is 1.32 bits per heavy atom. The van der Waals surface area contributed by atoms with Crippen molar-refractivity contribution >= 4 is 24.8 Å². The van der Waals surface area contributed by atoms with Crippen LogP contribution in [0.15, 0.2) is 36.7 Å². The smallest absolute Gasteiger partial charge is 0.0387 e. The van der Waals surface area contributed by atoms with E-state index in [1.165, 1.54) is 11.1 Å². The van der Waals surface area contributed by atoms with E-state index < -0.39 is 0 Å². The number of aromatic nitrogens is 1. The van der Waals surface area contributed by atoms with E-state index in [0.29, 0.717) is 6.04 Å². The monoisotopic (exact) mass is 303 g/mol. The first kappa shape index (κ1) is 18.4. The number of hydrogen-bond donors (Lipinski definition) is 1. The molecule has 1 saturated heterocycles. The molecule has 1 aromatic heterocycles. The number of pyridine rings is 1. The maximum atomic E-state index is 4.10. The van der Waals surface area contributed by atoms with Gasteiger partial charge in [-0.25, -0.2) is 0 Å². The molecule has 0 spiro atoms. The van der Waals surface area contributed by atoms with Crippen LogP contribution < -0.4 is 5.32 Å². The minimum Gasteiger partial charge on any atom is -0.314 e. The van der Waals surface area contributed by atoms with Crippen molar-refractivity contribution in [2.45, 2.75) is 19.4 Å². The molecule has 0 amide bonds. The van der Waals surface area contributed by atoms with Gasteiger partial charge >= 0.3 is 0 Å². The molecule has 5 heteroatoms. The van der Waals surface area contributed by atoms with E-state index in [1.807, 2.05) is 12.4 Å². The Hall–Kier alpha value is -0.610. The zero-order chi connectivity index (χ0) is 12.1. The maximum Gasteiger partial charge on any atom is 0.0387 e. The van der Waals surface area contributed by atoms with E-state index >= 15 is 0 Å². The molecule has 3 nitrogen and oxygen atoms in total. The van der Waals surface area contributed by atoms with Crippen LogP contribution in [-0.2, 0) is 0 Å². The van der Waals surface area contributed by atoms with Crippen molar-refractivity contribution in [3.05, 3.63) is 42.2 Å². The summed E-state index contributed by atoms with van der Waals surface area (Å²) in [4.78, 5) is 6.64. The summed E-state index contributed by atoms with van der Waals surface area (Å²) < 4.78 is 0. The number of nitrogens with zero attached hydrogens (tertiary/aromatic N) is 2. The van der Waals surface area contributed by atoms with Crippen LogP contribution in [0.4, 0.5) is 0 Å². The standard InChI is InChI=1S/C14H21N3.2ClH/c1-12(2)11-14(13-3-5-15-6-4-13)17-9-7-16-8-10-17;;/h3-6,14,16H,1,7-11H2,2H3;2*1H/t14-;;/m1../s1. The van der Waals surface area contributed by atoms with Crippen LogP contribution in [0, 0.1) is 0 Å². The zero-order valence-corrected chi connectivity index (χ0v) is 13.0. The van der Waals surface area contributed by atoms with E-state index in [2.05, 4.69) is 40.8 Å². The predicted octanol–water partition coefficient (Wildman–Crippen LogP) is 2.84. The van der Waals surface area contributed by atoms with Gasteiger partial charge in [-0.1, -0.05) is 5.57 Å². The van der Waals surface area contributed by atoms with E-state index in [4.69, 9.17) is 0 Å². The fourth-order valence-corrected chi connectivity index (χ4v) is 2.37. The highest BCUT2D eigenvalue weighted by Crippen LogP contribution is 2.26. The molecule has 2 rings (SSSR count). The molecule has 1 N–H and O–H groups in total. The topological polar surface area (TPSA) is 28.2 Å². The lowest BCUT2D eigenvalue weighted by Gasteiger charge is -2.35. The molecule has 0 aliphatic carbocycles. The summed E-state index contributed by atoms with van der Waals surface area (Å²) in [5.41, 5.74) is 2.59. The number of rotatable bonds is 4. The van der Waals surface area contributed by atoms with Crippen molar-refractivity contribution in [2.75, 3.05) is 26.2 Å². The quantitative estimate of drug-likeness (QED) is 0.867. The Kier molecular flexibility index (Phi) is 9.02. The minimum atomic E-state index is 0. The van der Waals surface area contributed by atoms with Crippen molar-refractivity contribution < 1.29 is 0 Å². The number of halogens is 2.